The van der Waals surface area contributed by atoms with Crippen molar-refractivity contribution in [1.82, 2.24) is 0 Å². The van der Waals surface area contributed by atoms with Gasteiger partial charge in [0.2, 0.25) is 11.2 Å². The Bertz CT molecular complexity index is 1620. The lowest BCUT2D eigenvalue weighted by Gasteiger charge is -2.68. The van der Waals surface area contributed by atoms with E-state index in [1.807, 2.05) is 0 Å². The molecule has 3 heterocycles. The number of hydrogen-bond acceptors (Lipinski definition) is 3. The van der Waals surface area contributed by atoms with E-state index in [4.69, 9.17) is 0 Å². The van der Waals surface area contributed by atoms with Crippen LogP contribution in [0.15, 0.2) is 0 Å². The normalized spacial score (nSPS) is 48.0. The molecule has 4 aliphatic carbocycles. The molecule has 0 bridgehead atoms. The molecule has 7 rings (SSSR count). The predicted molar refractivity (Wildman–Crippen MR) is 129 cm³/mol. The minimum Gasteiger partial charge on any atom is -0.550 e. The van der Waals surface area contributed by atoms with Gasteiger partial charge in [-0.15, -0.1) is 18.1 Å². The predicted octanol–water partition coefficient (Wildman–Crippen LogP) is 10.9. The molecule has 0 unspecified atom stereocenters. The van der Waals surface area contributed by atoms with Crippen LogP contribution < -0.4 is 0 Å². The topological polar surface area (TPSA) is 27.7 Å². The summed E-state index contributed by atoms with van der Waals surface area (Å²) >= 11 is 0. The van der Waals surface area contributed by atoms with Crippen molar-refractivity contribution >= 4 is 16.9 Å². The van der Waals surface area contributed by atoms with E-state index in [0.717, 1.165) is 0 Å². The summed E-state index contributed by atoms with van der Waals surface area (Å²) in [6.45, 7) is 0. The Labute approximate surface area is 318 Å². The molecule has 3 saturated heterocycles. The third kappa shape index (κ3) is 3.45. The fraction of sp³-hybridized carbons (Fsp3) is 1.00. The first-order chi connectivity index (χ1) is 26.7. The molecule has 0 aromatic rings. The minimum atomic E-state index is -8.55. The second-order valence-corrected chi connectivity index (χ2v) is 22.9. The van der Waals surface area contributed by atoms with Gasteiger partial charge in [0.1, 0.15) is 14.0 Å². The number of rotatable bonds is 0. The molecule has 7 aliphatic rings. The summed E-state index contributed by atoms with van der Waals surface area (Å²) < 4.78 is 497. The summed E-state index contributed by atoms with van der Waals surface area (Å²) in [5.41, 5.74) is -31.5. The smallest absolute Gasteiger partial charge is 0.381 e. The quantitative estimate of drug-likeness (QED) is 0.179. The van der Waals surface area contributed by atoms with Crippen LogP contribution in [0.5, 0.6) is 0 Å². The van der Waals surface area contributed by atoms with Crippen LogP contribution in [0.3, 0.4) is 0 Å². The molecule has 0 aromatic heterocycles. The van der Waals surface area contributed by atoms with Crippen molar-refractivity contribution in [1.29, 1.82) is 0 Å². The van der Waals surface area contributed by atoms with Crippen LogP contribution in [0.1, 0.15) is 0 Å². The number of hydrogen-bond donors (Lipinski definition) is 0. The van der Waals surface area contributed by atoms with Crippen LogP contribution in [-0.4, -0.2) is 128 Å². The summed E-state index contributed by atoms with van der Waals surface area (Å²) in [6, 6.07) is -15.7. The van der Waals surface area contributed by atoms with Gasteiger partial charge in [0, 0.05) is 0 Å². The zero-order chi connectivity index (χ0) is 48.7. The largest absolute Gasteiger partial charge is 0.550 e. The highest BCUT2D eigenvalue weighted by Crippen LogP contribution is 2.89. The van der Waals surface area contributed by atoms with Crippen molar-refractivity contribution in [3.8, 4) is 0 Å². The summed E-state index contributed by atoms with van der Waals surface area (Å²) in [4.78, 5) is 0. The average Bonchev–Trinajstić information content (AvgIpc) is 3.61. The number of alkyl halides is 32. The zero-order valence-electron chi connectivity index (χ0n) is 27.9. The SMILES string of the molecule is FC1(F)C(F)(F)C(F)(F)C23O[Si-]4(CC[Si-]5(CC4)OC46C(F)(F)C(F)(F)C(F)(F)C(F)(F)C4(O5)C(F)(F)C(F)(F)C(F)(F)C6(F)F)CC2(C1(F)F)C(F)(F)C(F)(F)C(F)(F)C3(F)F. The second-order valence-electron chi connectivity index (χ2n) is 15.7. The van der Waals surface area contributed by atoms with Gasteiger partial charge in [-0.25, -0.2) is 0 Å². The molecule has 37 heteroatoms. The lowest BCUT2D eigenvalue weighted by Crippen LogP contribution is -3.00. The Morgan fingerprint density at radius 3 is 0.677 bits per heavy atom. The molecular weight excluding hydrogens is 1010 g/mol. The van der Waals surface area contributed by atoms with E-state index in [1.165, 1.54) is 0 Å². The summed E-state index contributed by atoms with van der Waals surface area (Å²) in [6.07, 6.45) is 0. The third-order valence-electron chi connectivity index (χ3n) is 13.1. The summed E-state index contributed by atoms with van der Waals surface area (Å²) in [7, 11) is -14.6. The van der Waals surface area contributed by atoms with Crippen LogP contribution >= 0.6 is 0 Å². The summed E-state index contributed by atoms with van der Waals surface area (Å²) in [5.74, 6) is -135. The van der Waals surface area contributed by atoms with E-state index >= 15 is 70.2 Å². The lowest BCUT2D eigenvalue weighted by atomic mass is 9.47. The van der Waals surface area contributed by atoms with Gasteiger partial charge in [-0.05, 0) is 8.32 Å². The molecule has 0 atom stereocenters. The van der Waals surface area contributed by atoms with Gasteiger partial charge >= 0.3 is 94.8 Å². The third-order valence-corrected chi connectivity index (χ3v) is 21.7. The maximum absolute atomic E-state index is 15.7. The van der Waals surface area contributed by atoms with E-state index < -0.39 is 164 Å². The Kier molecular flexibility index (Phi) is 8.09. The highest BCUT2D eigenvalue weighted by molar-refractivity contribution is 6.82. The molecule has 62 heavy (non-hydrogen) atoms. The molecule has 0 radical (unpaired) electrons. The first kappa shape index (κ1) is 48.0. The first-order valence-electron chi connectivity index (χ1n) is 15.9. The Balaban J connectivity index is 1.50. The first-order valence-corrected chi connectivity index (χ1v) is 20.7. The van der Waals surface area contributed by atoms with Gasteiger partial charge in [-0.1, -0.05) is 0 Å². The lowest BCUT2D eigenvalue weighted by molar-refractivity contribution is -0.563. The van der Waals surface area contributed by atoms with E-state index in [2.05, 4.69) is 13.3 Å². The van der Waals surface area contributed by atoms with Gasteiger partial charge in [0.15, 0.2) is 5.60 Å². The molecule has 7 fully saturated rings. The Morgan fingerprint density at radius 2 is 0.435 bits per heavy atom. The number of halogens is 32. The minimum absolute atomic E-state index is 2.89. The van der Waals surface area contributed by atoms with Crippen LogP contribution in [0, 0.1) is 5.41 Å². The van der Waals surface area contributed by atoms with Gasteiger partial charge in [0.25, 0.3) is 0 Å². The van der Waals surface area contributed by atoms with E-state index in [1.54, 1.807) is 0 Å². The van der Waals surface area contributed by atoms with E-state index in [9.17, 15) is 70.2 Å². The van der Waals surface area contributed by atoms with Crippen molar-refractivity contribution < 1.29 is 154 Å². The van der Waals surface area contributed by atoms with Crippen molar-refractivity contribution in [2.75, 3.05) is 0 Å². The molecule has 362 valence electrons. The van der Waals surface area contributed by atoms with Crippen molar-refractivity contribution in [3.05, 3.63) is 0 Å². The highest BCUT2D eigenvalue weighted by atomic mass is 28.4. The molecule has 3 aliphatic heterocycles. The fourth-order valence-electron chi connectivity index (χ4n) is 10.0. The standard InChI is InChI=1S/C25H10F32O3Si2/c26-10(27)6-5-61(58-7(6,12(30,31)20(46,47)18(10,42)43)13(32,33)21(48,49)19(44,45)11(6,28)29)1-3-62(4-2-61)59-8-9(60-62,16(38,39)24(54,55)22(50,51)14(8,34)35)17(40,41)25(56,57)23(52,53)15(8,36)37/h1-5H2/q-2. The molecule has 3 nitrogen and oxygen atoms in total. The van der Waals surface area contributed by atoms with Gasteiger partial charge in [-0.2, -0.15) is 153 Å². The molecule has 0 amide bonds. The van der Waals surface area contributed by atoms with Crippen LogP contribution in [-0.2, 0) is 13.3 Å². The second kappa shape index (κ2) is 10.5. The fourth-order valence-corrected chi connectivity index (χ4v) is 23.0. The summed E-state index contributed by atoms with van der Waals surface area (Å²) in [5, 5.41) is 0. The van der Waals surface area contributed by atoms with E-state index in [-0.39, 0.29) is 0 Å². The molecule has 4 saturated carbocycles. The molecule has 2 spiro atoms. The zero-order valence-corrected chi connectivity index (χ0v) is 29.9. The van der Waals surface area contributed by atoms with Gasteiger partial charge in [0.05, 0.1) is 0 Å². The average molecular weight is 1020 g/mol. The van der Waals surface area contributed by atoms with Crippen LogP contribution in [0.2, 0.25) is 30.2 Å². The molecular formula is C25H10F32O3Si2-2. The van der Waals surface area contributed by atoms with Crippen LogP contribution in [0.25, 0.3) is 0 Å². The van der Waals surface area contributed by atoms with E-state index in [0.29, 0.717) is 0 Å². The Hall–Kier alpha value is -1.93. The van der Waals surface area contributed by atoms with Crippen molar-refractivity contribution in [2.24, 2.45) is 5.41 Å². The van der Waals surface area contributed by atoms with Crippen molar-refractivity contribution in [2.45, 2.75) is 142 Å². The molecule has 0 aromatic carbocycles. The Morgan fingerprint density at radius 1 is 0.226 bits per heavy atom. The van der Waals surface area contributed by atoms with Crippen LogP contribution in [0.4, 0.5) is 140 Å². The molecule has 0 N–H and O–H groups in total. The van der Waals surface area contributed by atoms with Gasteiger partial charge in [-0.3, -0.25) is 0 Å². The maximum atomic E-state index is 15.7. The maximum Gasteiger partial charge on any atom is 0.381 e. The van der Waals surface area contributed by atoms with Gasteiger partial charge < -0.3 is 13.3 Å². The van der Waals surface area contributed by atoms with Crippen molar-refractivity contribution in [3.63, 3.8) is 0 Å². The monoisotopic (exact) mass is 1020 g/mol. The highest BCUT2D eigenvalue weighted by Gasteiger charge is 3.16.